The Bertz CT molecular complexity index is 597. The number of aryl methyl sites for hydroxylation is 1. The van der Waals surface area contributed by atoms with Gasteiger partial charge in [0.1, 0.15) is 0 Å². The first-order valence-electron chi connectivity index (χ1n) is 6.26. The largest absolute Gasteiger partial charge is 0.488 e. The van der Waals surface area contributed by atoms with Crippen molar-refractivity contribution in [1.29, 1.82) is 5.26 Å². The molecule has 0 bridgehead atoms. The van der Waals surface area contributed by atoms with Crippen LogP contribution < -0.4 is 4.74 Å². The highest BCUT2D eigenvalue weighted by Crippen LogP contribution is 2.23. The van der Waals surface area contributed by atoms with E-state index in [-0.39, 0.29) is 12.2 Å². The topological polar surface area (TPSA) is 33.0 Å². The van der Waals surface area contributed by atoms with Gasteiger partial charge in [0.05, 0.1) is 18.2 Å². The third kappa shape index (κ3) is 3.55. The van der Waals surface area contributed by atoms with E-state index in [0.717, 1.165) is 24.1 Å². The minimum atomic E-state index is -0.846. The molecule has 0 atom stereocenters. The molecule has 0 saturated carbocycles. The third-order valence-corrected chi connectivity index (χ3v) is 2.83. The molecular formula is C16H13F2NO. The fourth-order valence-corrected chi connectivity index (χ4v) is 1.86. The average molecular weight is 273 g/mol. The SMILES string of the molecule is N#Cc1cc(F)c(OCCCc2ccccc2)c(F)c1. The van der Waals surface area contributed by atoms with Gasteiger partial charge in [0.2, 0.25) is 0 Å². The summed E-state index contributed by atoms with van der Waals surface area (Å²) in [7, 11) is 0. The average Bonchev–Trinajstić information content (AvgIpc) is 2.46. The van der Waals surface area contributed by atoms with E-state index in [1.165, 1.54) is 0 Å². The van der Waals surface area contributed by atoms with Crippen molar-refractivity contribution in [2.24, 2.45) is 0 Å². The zero-order valence-corrected chi connectivity index (χ0v) is 10.8. The molecule has 0 amide bonds. The van der Waals surface area contributed by atoms with Gasteiger partial charge in [0, 0.05) is 0 Å². The quantitative estimate of drug-likeness (QED) is 0.775. The van der Waals surface area contributed by atoms with Gasteiger partial charge in [-0.25, -0.2) is 8.78 Å². The van der Waals surface area contributed by atoms with Gasteiger partial charge >= 0.3 is 0 Å². The molecule has 0 saturated heterocycles. The van der Waals surface area contributed by atoms with E-state index in [9.17, 15) is 8.78 Å². The van der Waals surface area contributed by atoms with Gasteiger partial charge in [0.15, 0.2) is 17.4 Å². The van der Waals surface area contributed by atoms with Crippen LogP contribution in [0.4, 0.5) is 8.78 Å². The maximum Gasteiger partial charge on any atom is 0.190 e. The Balaban J connectivity index is 1.90. The Kier molecular flexibility index (Phi) is 4.67. The standard InChI is InChI=1S/C16H13F2NO/c17-14-9-13(11-19)10-15(18)16(14)20-8-4-7-12-5-2-1-3-6-12/h1-3,5-6,9-10H,4,7-8H2. The van der Waals surface area contributed by atoms with Gasteiger partial charge in [-0.2, -0.15) is 5.26 Å². The molecule has 0 aliphatic heterocycles. The second-order valence-corrected chi connectivity index (χ2v) is 4.32. The normalized spacial score (nSPS) is 10.1. The lowest BCUT2D eigenvalue weighted by Gasteiger charge is -2.08. The van der Waals surface area contributed by atoms with Gasteiger partial charge < -0.3 is 4.74 Å². The minimum Gasteiger partial charge on any atom is -0.488 e. The summed E-state index contributed by atoms with van der Waals surface area (Å²) in [4.78, 5) is 0. The second kappa shape index (κ2) is 6.67. The number of hydrogen-bond acceptors (Lipinski definition) is 2. The van der Waals surface area contributed by atoms with Gasteiger partial charge in [-0.05, 0) is 30.5 Å². The molecule has 0 aromatic heterocycles. The van der Waals surface area contributed by atoms with E-state index in [0.29, 0.717) is 6.42 Å². The number of halogens is 2. The van der Waals surface area contributed by atoms with Crippen LogP contribution in [0.5, 0.6) is 5.75 Å². The summed E-state index contributed by atoms with van der Waals surface area (Å²) in [6.45, 7) is 0.217. The van der Waals surface area contributed by atoms with E-state index in [2.05, 4.69) is 0 Å². The smallest absolute Gasteiger partial charge is 0.190 e. The van der Waals surface area contributed by atoms with Gasteiger partial charge in [-0.1, -0.05) is 30.3 Å². The van der Waals surface area contributed by atoms with E-state index in [1.807, 2.05) is 30.3 Å². The van der Waals surface area contributed by atoms with Crippen molar-refractivity contribution in [3.63, 3.8) is 0 Å². The Hall–Kier alpha value is -2.41. The Morgan fingerprint density at radius 2 is 1.70 bits per heavy atom. The van der Waals surface area contributed by atoms with Crippen LogP contribution in [0.1, 0.15) is 17.5 Å². The van der Waals surface area contributed by atoms with Gasteiger partial charge in [-0.3, -0.25) is 0 Å². The van der Waals surface area contributed by atoms with Crippen LogP contribution in [-0.2, 0) is 6.42 Å². The maximum atomic E-state index is 13.5. The molecule has 102 valence electrons. The van der Waals surface area contributed by atoms with Crippen LogP contribution in [0.3, 0.4) is 0 Å². The first kappa shape index (κ1) is 14.0. The summed E-state index contributed by atoms with van der Waals surface area (Å²) < 4.78 is 32.2. The van der Waals surface area contributed by atoms with Crippen LogP contribution in [0.2, 0.25) is 0 Å². The van der Waals surface area contributed by atoms with Crippen LogP contribution in [0.25, 0.3) is 0 Å². The van der Waals surface area contributed by atoms with Gasteiger partial charge in [-0.15, -0.1) is 0 Å². The van der Waals surface area contributed by atoms with Crippen molar-refractivity contribution in [2.45, 2.75) is 12.8 Å². The summed E-state index contributed by atoms with van der Waals surface area (Å²) >= 11 is 0. The fourth-order valence-electron chi connectivity index (χ4n) is 1.86. The lowest BCUT2D eigenvalue weighted by Crippen LogP contribution is -2.03. The first-order valence-corrected chi connectivity index (χ1v) is 6.26. The van der Waals surface area contributed by atoms with Crippen molar-refractivity contribution >= 4 is 0 Å². The summed E-state index contributed by atoms with van der Waals surface area (Å²) in [6, 6.07) is 13.4. The van der Waals surface area contributed by atoms with Crippen molar-refractivity contribution in [1.82, 2.24) is 0 Å². The van der Waals surface area contributed by atoms with Crippen molar-refractivity contribution in [2.75, 3.05) is 6.61 Å². The highest BCUT2D eigenvalue weighted by atomic mass is 19.1. The molecule has 2 rings (SSSR count). The first-order chi connectivity index (χ1) is 9.70. The molecule has 0 fully saturated rings. The van der Waals surface area contributed by atoms with Crippen LogP contribution >= 0.6 is 0 Å². The Morgan fingerprint density at radius 3 is 2.30 bits per heavy atom. The van der Waals surface area contributed by atoms with E-state index >= 15 is 0 Å². The molecule has 0 aliphatic rings. The minimum absolute atomic E-state index is 0.0587. The maximum absolute atomic E-state index is 13.5. The lowest BCUT2D eigenvalue weighted by atomic mass is 10.1. The van der Waals surface area contributed by atoms with Crippen LogP contribution in [0, 0.1) is 23.0 Å². The number of rotatable bonds is 5. The predicted octanol–water partition coefficient (Wildman–Crippen LogP) is 3.85. The molecule has 0 unspecified atom stereocenters. The van der Waals surface area contributed by atoms with E-state index in [4.69, 9.17) is 10.00 Å². The fraction of sp³-hybridized carbons (Fsp3) is 0.188. The third-order valence-electron chi connectivity index (χ3n) is 2.83. The number of hydrogen-bond donors (Lipinski definition) is 0. The lowest BCUT2D eigenvalue weighted by molar-refractivity contribution is 0.280. The number of ether oxygens (including phenoxy) is 1. The molecular weight excluding hydrogens is 260 g/mol. The molecule has 20 heavy (non-hydrogen) atoms. The molecule has 0 N–H and O–H groups in total. The van der Waals surface area contributed by atoms with Crippen molar-refractivity contribution in [3.05, 3.63) is 65.2 Å². The highest BCUT2D eigenvalue weighted by molar-refractivity contribution is 5.37. The Labute approximate surface area is 116 Å². The molecule has 2 aromatic rings. The highest BCUT2D eigenvalue weighted by Gasteiger charge is 2.12. The summed E-state index contributed by atoms with van der Waals surface area (Å²) in [6.07, 6.45) is 1.43. The molecule has 2 nitrogen and oxygen atoms in total. The monoisotopic (exact) mass is 273 g/mol. The Morgan fingerprint density at radius 1 is 1.05 bits per heavy atom. The van der Waals surface area contributed by atoms with E-state index in [1.54, 1.807) is 6.07 Å². The van der Waals surface area contributed by atoms with Crippen molar-refractivity contribution < 1.29 is 13.5 Å². The number of nitriles is 1. The summed E-state index contributed by atoms with van der Waals surface area (Å²) in [5.41, 5.74) is 1.09. The molecule has 0 radical (unpaired) electrons. The molecule has 0 aliphatic carbocycles. The molecule has 0 heterocycles. The molecule has 2 aromatic carbocycles. The summed E-state index contributed by atoms with van der Waals surface area (Å²) in [5, 5.41) is 8.59. The molecule has 0 spiro atoms. The predicted molar refractivity (Wildman–Crippen MR) is 71.3 cm³/mol. The van der Waals surface area contributed by atoms with Crippen LogP contribution in [-0.4, -0.2) is 6.61 Å². The van der Waals surface area contributed by atoms with Gasteiger partial charge in [0.25, 0.3) is 0 Å². The van der Waals surface area contributed by atoms with Crippen molar-refractivity contribution in [3.8, 4) is 11.8 Å². The number of benzene rings is 2. The molecule has 4 heteroatoms. The number of nitrogens with zero attached hydrogens (tertiary/aromatic N) is 1. The zero-order valence-electron chi connectivity index (χ0n) is 10.8. The van der Waals surface area contributed by atoms with E-state index < -0.39 is 17.4 Å². The zero-order chi connectivity index (χ0) is 14.4. The summed E-state index contributed by atoms with van der Waals surface area (Å²) in [5.74, 6) is -2.11. The second-order valence-electron chi connectivity index (χ2n) is 4.32. The van der Waals surface area contributed by atoms with Crippen LogP contribution in [0.15, 0.2) is 42.5 Å².